The van der Waals surface area contributed by atoms with E-state index in [9.17, 15) is 13.2 Å². The first-order chi connectivity index (χ1) is 20.3. The summed E-state index contributed by atoms with van der Waals surface area (Å²) in [6, 6.07) is 17.2. The van der Waals surface area contributed by atoms with Gasteiger partial charge in [-0.3, -0.25) is 14.9 Å². The number of pyridine rings is 1. The number of rotatable bonds is 5. The zero-order chi connectivity index (χ0) is 29.0. The topological polar surface area (TPSA) is 57.2 Å². The molecule has 0 bridgehead atoms. The third-order valence-corrected chi connectivity index (χ3v) is 7.84. The second-order valence-electron chi connectivity index (χ2n) is 10.8. The van der Waals surface area contributed by atoms with Gasteiger partial charge in [0, 0.05) is 54.2 Å². The second kappa shape index (κ2) is 10.0. The second-order valence-corrected chi connectivity index (χ2v) is 10.8. The number of hydrogen-bond donors (Lipinski definition) is 1. The highest BCUT2D eigenvalue weighted by atomic mass is 19.3. The summed E-state index contributed by atoms with van der Waals surface area (Å²) in [5, 5.41) is 0. The first kappa shape index (κ1) is 26.3. The van der Waals surface area contributed by atoms with Gasteiger partial charge in [-0.15, -0.1) is 0 Å². The van der Waals surface area contributed by atoms with Crippen molar-refractivity contribution < 1.29 is 17.6 Å². The van der Waals surface area contributed by atoms with Crippen molar-refractivity contribution in [1.82, 2.24) is 19.9 Å². The largest absolute Gasteiger partial charge is 0.337 e. The average molecular weight is 568 g/mol. The summed E-state index contributed by atoms with van der Waals surface area (Å²) >= 11 is 0. The summed E-state index contributed by atoms with van der Waals surface area (Å²) in [6.45, 7) is 4.70. The molecule has 1 saturated heterocycles. The van der Waals surface area contributed by atoms with E-state index in [0.29, 0.717) is 59.0 Å². The molecular formula is C33H25F4N5. The number of aromatic nitrogens is 3. The van der Waals surface area contributed by atoms with Crippen LogP contribution in [0.25, 0.3) is 38.9 Å². The Balaban J connectivity index is 1.28. The van der Waals surface area contributed by atoms with Gasteiger partial charge in [0.15, 0.2) is 5.82 Å². The number of para-hydroxylation sites is 1. The summed E-state index contributed by atoms with van der Waals surface area (Å²) in [5.41, 5.74) is 6.59. The molecule has 0 saturated carbocycles. The molecule has 2 aliphatic heterocycles. The molecule has 5 nitrogen and oxygen atoms in total. The summed E-state index contributed by atoms with van der Waals surface area (Å²) < 4.78 is 57.5. The maximum atomic E-state index is 16.5. The summed E-state index contributed by atoms with van der Waals surface area (Å²) in [6.07, 6.45) is 3.02. The molecule has 0 atom stereocenters. The minimum absolute atomic E-state index is 0.168. The number of alkyl halides is 2. The molecule has 5 aromatic rings. The van der Waals surface area contributed by atoms with Crippen molar-refractivity contribution in [2.45, 2.75) is 18.9 Å². The lowest BCUT2D eigenvalue weighted by Gasteiger charge is -2.20. The van der Waals surface area contributed by atoms with E-state index in [1.165, 1.54) is 12.1 Å². The molecule has 42 heavy (non-hydrogen) atoms. The number of nitrogens with one attached hydrogen (secondary N) is 1. The number of imidazole rings is 1. The molecule has 3 aromatic carbocycles. The molecule has 2 aromatic heterocycles. The SMILES string of the molecule is C=C1CN=C(c2nc3c(-c4ccc(F)cc4)cccc3[nH]2)c2c1ccc(-c1cncc(CN3CCC(F)(F)C3)c1)c2F. The lowest BCUT2D eigenvalue weighted by atomic mass is 9.90. The minimum Gasteiger partial charge on any atom is -0.337 e. The minimum atomic E-state index is -2.69. The normalized spacial score (nSPS) is 16.6. The average Bonchev–Trinajstić information content (AvgIpc) is 3.56. The van der Waals surface area contributed by atoms with Gasteiger partial charge in [0.25, 0.3) is 5.92 Å². The molecule has 0 unspecified atom stereocenters. The van der Waals surface area contributed by atoms with E-state index in [1.807, 2.05) is 24.3 Å². The predicted octanol–water partition coefficient (Wildman–Crippen LogP) is 7.28. The van der Waals surface area contributed by atoms with Crippen LogP contribution in [-0.4, -0.2) is 51.1 Å². The van der Waals surface area contributed by atoms with Crippen LogP contribution in [-0.2, 0) is 6.54 Å². The van der Waals surface area contributed by atoms with Crippen molar-refractivity contribution in [3.8, 4) is 22.3 Å². The molecule has 0 aliphatic carbocycles. The van der Waals surface area contributed by atoms with E-state index in [1.54, 1.807) is 41.6 Å². The Hall–Kier alpha value is -4.63. The molecule has 7 rings (SSSR count). The first-order valence-electron chi connectivity index (χ1n) is 13.6. The van der Waals surface area contributed by atoms with Crippen molar-refractivity contribution in [2.24, 2.45) is 4.99 Å². The maximum absolute atomic E-state index is 16.5. The van der Waals surface area contributed by atoms with Crippen LogP contribution in [0.3, 0.4) is 0 Å². The Morgan fingerprint density at radius 3 is 2.52 bits per heavy atom. The molecule has 1 fully saturated rings. The van der Waals surface area contributed by atoms with Gasteiger partial charge in [-0.2, -0.15) is 0 Å². The zero-order valence-electron chi connectivity index (χ0n) is 22.5. The molecule has 2 aliphatic rings. The fourth-order valence-corrected chi connectivity index (χ4v) is 5.79. The molecule has 0 radical (unpaired) electrons. The van der Waals surface area contributed by atoms with Crippen molar-refractivity contribution in [1.29, 1.82) is 0 Å². The van der Waals surface area contributed by atoms with Gasteiger partial charge in [0.2, 0.25) is 0 Å². The number of likely N-dealkylation sites (tertiary alicyclic amines) is 1. The van der Waals surface area contributed by atoms with E-state index < -0.39 is 11.7 Å². The number of halogens is 4. The van der Waals surface area contributed by atoms with Gasteiger partial charge in [-0.1, -0.05) is 43.0 Å². The van der Waals surface area contributed by atoms with Crippen molar-refractivity contribution >= 4 is 22.3 Å². The molecule has 4 heterocycles. The third kappa shape index (κ3) is 4.69. The number of aromatic amines is 1. The van der Waals surface area contributed by atoms with Gasteiger partial charge in [-0.05, 0) is 46.5 Å². The Kier molecular flexibility index (Phi) is 6.27. The highest BCUT2D eigenvalue weighted by molar-refractivity contribution is 6.17. The van der Waals surface area contributed by atoms with Crippen LogP contribution in [0.2, 0.25) is 0 Å². The number of benzene rings is 3. The highest BCUT2D eigenvalue weighted by Gasteiger charge is 2.38. The van der Waals surface area contributed by atoms with Crippen LogP contribution in [0.1, 0.15) is 28.9 Å². The van der Waals surface area contributed by atoms with Crippen LogP contribution in [0.15, 0.2) is 84.6 Å². The predicted molar refractivity (Wildman–Crippen MR) is 155 cm³/mol. The van der Waals surface area contributed by atoms with E-state index >= 15 is 4.39 Å². The molecule has 0 amide bonds. The van der Waals surface area contributed by atoms with Crippen LogP contribution in [0.5, 0.6) is 0 Å². The van der Waals surface area contributed by atoms with Crippen LogP contribution < -0.4 is 0 Å². The maximum Gasteiger partial charge on any atom is 0.261 e. The monoisotopic (exact) mass is 567 g/mol. The fourth-order valence-electron chi connectivity index (χ4n) is 5.79. The highest BCUT2D eigenvalue weighted by Crippen LogP contribution is 2.36. The fraction of sp³-hybridized carbons (Fsp3) is 0.182. The van der Waals surface area contributed by atoms with Crippen LogP contribution in [0, 0.1) is 11.6 Å². The summed E-state index contributed by atoms with van der Waals surface area (Å²) in [5.74, 6) is -3.10. The number of aliphatic imine (C=N–C) groups is 1. The van der Waals surface area contributed by atoms with Crippen LogP contribution in [0.4, 0.5) is 17.6 Å². The Labute approximate surface area is 239 Å². The molecule has 9 heteroatoms. The smallest absolute Gasteiger partial charge is 0.261 e. The molecule has 0 spiro atoms. The molecule has 210 valence electrons. The van der Waals surface area contributed by atoms with Crippen LogP contribution >= 0.6 is 0 Å². The van der Waals surface area contributed by atoms with Gasteiger partial charge in [0.05, 0.1) is 24.1 Å². The standard InChI is InChI=1S/C33H25F4N5/c1-19-14-39-31(32-40-27-4-2-3-26(30(27)41-32)21-5-7-23(34)8-6-21)28-24(19)9-10-25(29(28)35)22-13-20(15-38-16-22)17-42-12-11-33(36,37)18-42/h2-10,13,15-16H,1,11-12,14,17-18H2,(H,40,41). The van der Waals surface area contributed by atoms with E-state index in [0.717, 1.165) is 22.2 Å². The van der Waals surface area contributed by atoms with E-state index in [2.05, 4.69) is 21.5 Å². The lowest BCUT2D eigenvalue weighted by Crippen LogP contribution is -2.24. The van der Waals surface area contributed by atoms with Gasteiger partial charge >= 0.3 is 0 Å². The quantitative estimate of drug-likeness (QED) is 0.227. The van der Waals surface area contributed by atoms with Gasteiger partial charge in [0.1, 0.15) is 17.3 Å². The zero-order valence-corrected chi connectivity index (χ0v) is 22.5. The number of nitrogens with zero attached hydrogens (tertiary/aromatic N) is 4. The number of hydrogen-bond acceptors (Lipinski definition) is 4. The Morgan fingerprint density at radius 2 is 1.74 bits per heavy atom. The van der Waals surface area contributed by atoms with Gasteiger partial charge < -0.3 is 4.98 Å². The van der Waals surface area contributed by atoms with Gasteiger partial charge in [-0.25, -0.2) is 22.5 Å². The van der Waals surface area contributed by atoms with E-state index in [4.69, 9.17) is 4.98 Å². The summed E-state index contributed by atoms with van der Waals surface area (Å²) in [4.78, 5) is 18.8. The lowest BCUT2D eigenvalue weighted by molar-refractivity contribution is 0.0115. The molecule has 1 N–H and O–H groups in total. The molecular weight excluding hydrogens is 542 g/mol. The number of fused-ring (bicyclic) bond motifs is 2. The Morgan fingerprint density at radius 1 is 0.929 bits per heavy atom. The third-order valence-electron chi connectivity index (χ3n) is 7.84. The van der Waals surface area contributed by atoms with E-state index in [-0.39, 0.29) is 24.3 Å². The summed E-state index contributed by atoms with van der Waals surface area (Å²) in [7, 11) is 0. The van der Waals surface area contributed by atoms with Crippen molar-refractivity contribution in [3.05, 3.63) is 114 Å². The number of H-pyrrole nitrogens is 1. The van der Waals surface area contributed by atoms with Crippen molar-refractivity contribution in [2.75, 3.05) is 19.6 Å². The van der Waals surface area contributed by atoms with Crippen molar-refractivity contribution in [3.63, 3.8) is 0 Å². The Bertz CT molecular complexity index is 1890. The first-order valence-corrected chi connectivity index (χ1v) is 13.6.